The van der Waals surface area contributed by atoms with Crippen LogP contribution in [-0.2, 0) is 0 Å². The average Bonchev–Trinajstić information content (AvgIpc) is 2.38. The van der Waals surface area contributed by atoms with E-state index in [4.69, 9.17) is 0 Å². The first-order valence-corrected chi connectivity index (χ1v) is 6.24. The van der Waals surface area contributed by atoms with Gasteiger partial charge in [0.1, 0.15) is 12.1 Å². The van der Waals surface area contributed by atoms with E-state index in [0.717, 1.165) is 25.9 Å². The Labute approximate surface area is 101 Å². The highest BCUT2D eigenvalue weighted by Crippen LogP contribution is 2.27. The molecular formula is C14H18FNO. The summed E-state index contributed by atoms with van der Waals surface area (Å²) in [4.78, 5) is 12.7. The van der Waals surface area contributed by atoms with Crippen LogP contribution in [0.4, 0.5) is 10.1 Å². The van der Waals surface area contributed by atoms with Gasteiger partial charge in [0.15, 0.2) is 0 Å². The molecule has 0 aromatic heterocycles. The molecule has 0 amide bonds. The van der Waals surface area contributed by atoms with Gasteiger partial charge in [0.2, 0.25) is 0 Å². The molecule has 1 saturated heterocycles. The molecule has 0 radical (unpaired) electrons. The predicted molar refractivity (Wildman–Crippen MR) is 67.0 cm³/mol. The molecule has 0 aliphatic carbocycles. The van der Waals surface area contributed by atoms with Crippen molar-refractivity contribution in [1.29, 1.82) is 0 Å². The second kappa shape index (κ2) is 5.30. The largest absolute Gasteiger partial charge is 0.369 e. The third kappa shape index (κ3) is 2.65. The van der Waals surface area contributed by atoms with Gasteiger partial charge in [-0.15, -0.1) is 0 Å². The van der Waals surface area contributed by atoms with E-state index in [0.29, 0.717) is 23.5 Å². The van der Waals surface area contributed by atoms with Crippen molar-refractivity contribution in [1.82, 2.24) is 0 Å². The zero-order chi connectivity index (χ0) is 12.3. The molecule has 1 aromatic carbocycles. The van der Waals surface area contributed by atoms with Crippen LogP contribution in [0.15, 0.2) is 18.2 Å². The number of hydrogen-bond acceptors (Lipinski definition) is 2. The molecule has 2 rings (SSSR count). The van der Waals surface area contributed by atoms with Crippen LogP contribution >= 0.6 is 0 Å². The van der Waals surface area contributed by atoms with Crippen molar-refractivity contribution in [3.05, 3.63) is 29.6 Å². The van der Waals surface area contributed by atoms with Gasteiger partial charge in [-0.25, -0.2) is 4.39 Å². The van der Waals surface area contributed by atoms with E-state index in [1.165, 1.54) is 12.5 Å². The lowest BCUT2D eigenvalue weighted by molar-refractivity contribution is 0.112. The molecule has 1 heterocycles. The highest BCUT2D eigenvalue weighted by molar-refractivity contribution is 5.76. The molecule has 1 fully saturated rings. The van der Waals surface area contributed by atoms with Crippen molar-refractivity contribution in [3.8, 4) is 0 Å². The first kappa shape index (κ1) is 12.1. The smallest absolute Gasteiger partial charge is 0.150 e. The maximum atomic E-state index is 13.9. The van der Waals surface area contributed by atoms with Gasteiger partial charge < -0.3 is 4.90 Å². The standard InChI is InChI=1S/C14H18FNO/c1-2-11-4-3-7-16(9-11)14-6-5-12(10-17)8-13(14)15/h5-6,8,10-11H,2-4,7,9H2,1H3. The van der Waals surface area contributed by atoms with Crippen molar-refractivity contribution >= 4 is 12.0 Å². The van der Waals surface area contributed by atoms with E-state index in [1.54, 1.807) is 12.1 Å². The number of aldehydes is 1. The Hall–Kier alpha value is -1.38. The number of nitrogens with zero attached hydrogens (tertiary/aromatic N) is 1. The van der Waals surface area contributed by atoms with Crippen molar-refractivity contribution in [3.63, 3.8) is 0 Å². The number of carbonyl (C=O) groups excluding carboxylic acids is 1. The van der Waals surface area contributed by atoms with Crippen LogP contribution in [0, 0.1) is 11.7 Å². The van der Waals surface area contributed by atoms with Gasteiger partial charge in [0, 0.05) is 18.7 Å². The van der Waals surface area contributed by atoms with Crippen LogP contribution in [0.3, 0.4) is 0 Å². The van der Waals surface area contributed by atoms with Crippen molar-refractivity contribution in [2.75, 3.05) is 18.0 Å². The number of halogens is 1. The molecule has 1 unspecified atom stereocenters. The minimum absolute atomic E-state index is 0.286. The molecular weight excluding hydrogens is 217 g/mol. The molecule has 0 N–H and O–H groups in total. The predicted octanol–water partition coefficient (Wildman–Crippen LogP) is 3.26. The number of benzene rings is 1. The number of hydrogen-bond donors (Lipinski definition) is 0. The zero-order valence-electron chi connectivity index (χ0n) is 10.2. The second-order valence-electron chi connectivity index (χ2n) is 4.69. The molecule has 0 bridgehead atoms. The fraction of sp³-hybridized carbons (Fsp3) is 0.500. The summed E-state index contributed by atoms with van der Waals surface area (Å²) in [6, 6.07) is 4.72. The lowest BCUT2D eigenvalue weighted by atomic mass is 9.95. The van der Waals surface area contributed by atoms with Crippen molar-refractivity contribution in [2.24, 2.45) is 5.92 Å². The number of anilines is 1. The Morgan fingerprint density at radius 2 is 2.35 bits per heavy atom. The Kier molecular flexibility index (Phi) is 3.77. The number of piperidine rings is 1. The van der Waals surface area contributed by atoms with Crippen LogP contribution in [0.5, 0.6) is 0 Å². The van der Waals surface area contributed by atoms with E-state index in [2.05, 4.69) is 11.8 Å². The summed E-state index contributed by atoms with van der Waals surface area (Å²) < 4.78 is 13.9. The van der Waals surface area contributed by atoms with Gasteiger partial charge in [-0.2, -0.15) is 0 Å². The zero-order valence-corrected chi connectivity index (χ0v) is 10.2. The molecule has 92 valence electrons. The van der Waals surface area contributed by atoms with E-state index in [9.17, 15) is 9.18 Å². The molecule has 0 saturated carbocycles. The molecule has 1 aliphatic rings. The second-order valence-corrected chi connectivity index (χ2v) is 4.69. The average molecular weight is 235 g/mol. The summed E-state index contributed by atoms with van der Waals surface area (Å²) in [7, 11) is 0. The quantitative estimate of drug-likeness (QED) is 0.749. The lowest BCUT2D eigenvalue weighted by Gasteiger charge is -2.34. The third-order valence-corrected chi connectivity index (χ3v) is 3.54. The van der Waals surface area contributed by atoms with Crippen LogP contribution in [0.1, 0.15) is 36.5 Å². The van der Waals surface area contributed by atoms with E-state index < -0.39 is 0 Å². The molecule has 2 nitrogen and oxygen atoms in total. The summed E-state index contributed by atoms with van der Waals surface area (Å²) in [5, 5.41) is 0. The van der Waals surface area contributed by atoms with Crippen molar-refractivity contribution in [2.45, 2.75) is 26.2 Å². The van der Waals surface area contributed by atoms with E-state index in [-0.39, 0.29) is 5.82 Å². The van der Waals surface area contributed by atoms with Gasteiger partial charge in [-0.3, -0.25) is 4.79 Å². The Morgan fingerprint density at radius 1 is 1.53 bits per heavy atom. The maximum Gasteiger partial charge on any atom is 0.150 e. The van der Waals surface area contributed by atoms with Crippen LogP contribution in [0.25, 0.3) is 0 Å². The summed E-state index contributed by atoms with van der Waals surface area (Å²) in [6.07, 6.45) is 4.18. The fourth-order valence-electron chi connectivity index (χ4n) is 2.47. The fourth-order valence-corrected chi connectivity index (χ4v) is 2.47. The number of rotatable bonds is 3. The lowest BCUT2D eigenvalue weighted by Crippen LogP contribution is -2.35. The topological polar surface area (TPSA) is 20.3 Å². The van der Waals surface area contributed by atoms with Gasteiger partial charge in [-0.1, -0.05) is 13.3 Å². The van der Waals surface area contributed by atoms with Gasteiger partial charge in [0.05, 0.1) is 5.69 Å². The first-order chi connectivity index (χ1) is 8.24. The summed E-state index contributed by atoms with van der Waals surface area (Å²) in [6.45, 7) is 4.02. The maximum absolute atomic E-state index is 13.9. The van der Waals surface area contributed by atoms with E-state index >= 15 is 0 Å². The Bertz CT molecular complexity index is 405. The molecule has 1 aliphatic heterocycles. The Morgan fingerprint density at radius 3 is 3.00 bits per heavy atom. The first-order valence-electron chi connectivity index (χ1n) is 6.24. The van der Waals surface area contributed by atoms with Gasteiger partial charge >= 0.3 is 0 Å². The van der Waals surface area contributed by atoms with Crippen LogP contribution < -0.4 is 4.90 Å². The van der Waals surface area contributed by atoms with Gasteiger partial charge in [-0.05, 0) is 37.0 Å². The van der Waals surface area contributed by atoms with Crippen LogP contribution in [-0.4, -0.2) is 19.4 Å². The highest BCUT2D eigenvalue weighted by atomic mass is 19.1. The summed E-state index contributed by atoms with van der Waals surface area (Å²) in [5.74, 6) is 0.375. The van der Waals surface area contributed by atoms with Gasteiger partial charge in [0.25, 0.3) is 0 Å². The van der Waals surface area contributed by atoms with Crippen LogP contribution in [0.2, 0.25) is 0 Å². The monoisotopic (exact) mass is 235 g/mol. The minimum atomic E-state index is -0.286. The van der Waals surface area contributed by atoms with E-state index in [1.807, 2.05) is 0 Å². The molecule has 1 aromatic rings. The highest BCUT2D eigenvalue weighted by Gasteiger charge is 2.20. The van der Waals surface area contributed by atoms with Crippen molar-refractivity contribution < 1.29 is 9.18 Å². The normalized spacial score (nSPS) is 20.4. The molecule has 0 spiro atoms. The minimum Gasteiger partial charge on any atom is -0.369 e. The summed E-state index contributed by atoms with van der Waals surface area (Å²) >= 11 is 0. The molecule has 17 heavy (non-hydrogen) atoms. The molecule has 3 heteroatoms. The summed E-state index contributed by atoms with van der Waals surface area (Å²) in [5.41, 5.74) is 1.03. The Balaban J connectivity index is 2.18. The third-order valence-electron chi connectivity index (χ3n) is 3.54. The SMILES string of the molecule is CCC1CCCN(c2ccc(C=O)cc2F)C1. The molecule has 1 atom stereocenters. The number of carbonyl (C=O) groups is 1.